The van der Waals surface area contributed by atoms with E-state index in [1.807, 2.05) is 4.90 Å². The van der Waals surface area contributed by atoms with Crippen molar-refractivity contribution in [2.75, 3.05) is 12.4 Å². The first-order valence-electron chi connectivity index (χ1n) is 5.95. The van der Waals surface area contributed by atoms with E-state index in [9.17, 15) is 4.79 Å². The molecule has 0 heterocycles. The van der Waals surface area contributed by atoms with Crippen molar-refractivity contribution in [2.45, 2.75) is 25.3 Å². The highest BCUT2D eigenvalue weighted by Gasteiger charge is 2.29. The van der Waals surface area contributed by atoms with E-state index in [1.54, 1.807) is 18.2 Å². The molecule has 1 aliphatic carbocycles. The summed E-state index contributed by atoms with van der Waals surface area (Å²) in [5.74, 6) is 0.479. The van der Waals surface area contributed by atoms with Crippen molar-refractivity contribution in [1.82, 2.24) is 4.90 Å². The first-order valence-corrected chi connectivity index (χ1v) is 7.65. The lowest BCUT2D eigenvalue weighted by atomic mass is 9.91. The summed E-state index contributed by atoms with van der Waals surface area (Å²) >= 11 is 15.1. The number of hydrogen-bond donors (Lipinski definition) is 0. The van der Waals surface area contributed by atoms with Gasteiger partial charge in [-0.15, -0.1) is 11.6 Å². The second-order valence-corrected chi connectivity index (χ2v) is 6.16. The van der Waals surface area contributed by atoms with Gasteiger partial charge < -0.3 is 4.90 Å². The highest BCUT2D eigenvalue weighted by atomic mass is 79.9. The van der Waals surface area contributed by atoms with Gasteiger partial charge in [-0.05, 0) is 37.5 Å². The summed E-state index contributed by atoms with van der Waals surface area (Å²) in [7, 11) is 0. The van der Waals surface area contributed by atoms with Gasteiger partial charge >= 0.3 is 0 Å². The molecule has 0 unspecified atom stereocenters. The number of halogens is 3. The van der Waals surface area contributed by atoms with Crippen molar-refractivity contribution in [3.05, 3.63) is 33.3 Å². The second kappa shape index (κ2) is 6.27. The highest BCUT2D eigenvalue weighted by Crippen LogP contribution is 2.27. The van der Waals surface area contributed by atoms with Gasteiger partial charge in [-0.25, -0.2) is 0 Å². The summed E-state index contributed by atoms with van der Waals surface area (Å²) in [5.41, 5.74) is 0.617. The minimum atomic E-state index is 0.0172. The second-order valence-electron chi connectivity index (χ2n) is 4.43. The molecule has 98 valence electrons. The van der Waals surface area contributed by atoms with Crippen LogP contribution >= 0.6 is 39.1 Å². The predicted molar refractivity (Wildman–Crippen MR) is 78.5 cm³/mol. The standard InChI is InChI=1S/C13H14BrCl2NO/c14-10-6-9(7-11(16)8-10)13(18)17(5-4-15)12-2-1-3-12/h6-8,12H,1-5H2. The lowest BCUT2D eigenvalue weighted by Crippen LogP contribution is -2.45. The Hall–Kier alpha value is -0.250. The number of carbonyl (C=O) groups is 1. The van der Waals surface area contributed by atoms with Crippen LogP contribution in [0.1, 0.15) is 29.6 Å². The number of amides is 1. The third kappa shape index (κ3) is 3.19. The molecule has 1 aromatic carbocycles. The Bertz CT molecular complexity index is 428. The third-order valence-electron chi connectivity index (χ3n) is 3.21. The molecule has 1 amide bonds. The summed E-state index contributed by atoms with van der Waals surface area (Å²) < 4.78 is 0.817. The van der Waals surface area contributed by atoms with Crippen LogP contribution in [0.3, 0.4) is 0 Å². The normalized spacial score (nSPS) is 15.3. The Morgan fingerprint density at radius 3 is 2.61 bits per heavy atom. The van der Waals surface area contributed by atoms with Crippen molar-refractivity contribution >= 4 is 45.0 Å². The van der Waals surface area contributed by atoms with Gasteiger partial charge in [-0.1, -0.05) is 27.5 Å². The van der Waals surface area contributed by atoms with E-state index in [-0.39, 0.29) is 5.91 Å². The molecular formula is C13H14BrCl2NO. The van der Waals surface area contributed by atoms with Gasteiger partial charge in [-0.2, -0.15) is 0 Å². The molecule has 1 saturated carbocycles. The zero-order valence-corrected chi connectivity index (χ0v) is 12.9. The van der Waals surface area contributed by atoms with E-state index in [1.165, 1.54) is 6.42 Å². The first kappa shape index (κ1) is 14.2. The average Bonchev–Trinajstić information content (AvgIpc) is 2.23. The van der Waals surface area contributed by atoms with E-state index < -0.39 is 0 Å². The quantitative estimate of drug-likeness (QED) is 0.740. The molecule has 5 heteroatoms. The van der Waals surface area contributed by atoms with Crippen LogP contribution in [0.25, 0.3) is 0 Å². The van der Waals surface area contributed by atoms with Crippen molar-refractivity contribution in [1.29, 1.82) is 0 Å². The maximum atomic E-state index is 12.5. The molecule has 0 aliphatic heterocycles. The molecule has 0 bridgehead atoms. The molecule has 2 nitrogen and oxygen atoms in total. The van der Waals surface area contributed by atoms with Crippen LogP contribution < -0.4 is 0 Å². The molecule has 1 fully saturated rings. The molecule has 0 N–H and O–H groups in total. The fourth-order valence-corrected chi connectivity index (χ4v) is 3.12. The van der Waals surface area contributed by atoms with Gasteiger partial charge in [0.05, 0.1) is 0 Å². The van der Waals surface area contributed by atoms with Crippen LogP contribution in [-0.4, -0.2) is 29.3 Å². The molecule has 0 radical (unpaired) electrons. The van der Waals surface area contributed by atoms with Gasteiger partial charge in [0.25, 0.3) is 5.91 Å². The van der Waals surface area contributed by atoms with Gasteiger partial charge in [0.2, 0.25) is 0 Å². The van der Waals surface area contributed by atoms with Crippen LogP contribution in [0.2, 0.25) is 5.02 Å². The number of hydrogen-bond acceptors (Lipinski definition) is 1. The summed E-state index contributed by atoms with van der Waals surface area (Å²) in [4.78, 5) is 14.3. The van der Waals surface area contributed by atoms with E-state index in [0.717, 1.165) is 17.3 Å². The van der Waals surface area contributed by atoms with E-state index >= 15 is 0 Å². The molecule has 18 heavy (non-hydrogen) atoms. The van der Waals surface area contributed by atoms with Gasteiger partial charge in [0, 0.05) is 33.5 Å². The fraction of sp³-hybridized carbons (Fsp3) is 0.462. The molecule has 0 atom stereocenters. The average molecular weight is 351 g/mol. The molecule has 2 rings (SSSR count). The minimum absolute atomic E-state index is 0.0172. The topological polar surface area (TPSA) is 20.3 Å². The summed E-state index contributed by atoms with van der Waals surface area (Å²) in [6.07, 6.45) is 3.34. The SMILES string of the molecule is O=C(c1cc(Cl)cc(Br)c1)N(CCCl)C1CCC1. The number of alkyl halides is 1. The molecule has 0 aromatic heterocycles. The Kier molecular flexibility index (Phi) is 4.93. The van der Waals surface area contributed by atoms with Gasteiger partial charge in [0.15, 0.2) is 0 Å². The van der Waals surface area contributed by atoms with Gasteiger partial charge in [0.1, 0.15) is 0 Å². The van der Waals surface area contributed by atoms with Gasteiger partial charge in [-0.3, -0.25) is 4.79 Å². The summed E-state index contributed by atoms with van der Waals surface area (Å²) in [5, 5.41) is 0.562. The highest BCUT2D eigenvalue weighted by molar-refractivity contribution is 9.10. The minimum Gasteiger partial charge on any atom is -0.334 e. The maximum Gasteiger partial charge on any atom is 0.254 e. The van der Waals surface area contributed by atoms with Crippen LogP contribution in [0.5, 0.6) is 0 Å². The summed E-state index contributed by atoms with van der Waals surface area (Å²) in [6, 6.07) is 5.62. The molecular weight excluding hydrogens is 337 g/mol. The molecule has 1 aliphatic rings. The molecule has 0 saturated heterocycles. The third-order valence-corrected chi connectivity index (χ3v) is 4.06. The van der Waals surface area contributed by atoms with Crippen LogP contribution in [0.4, 0.5) is 0 Å². The van der Waals surface area contributed by atoms with Crippen molar-refractivity contribution in [3.63, 3.8) is 0 Å². The lowest BCUT2D eigenvalue weighted by molar-refractivity contribution is 0.0598. The fourth-order valence-electron chi connectivity index (χ4n) is 2.08. The van der Waals surface area contributed by atoms with E-state index in [4.69, 9.17) is 23.2 Å². The van der Waals surface area contributed by atoms with Crippen LogP contribution in [0, 0.1) is 0 Å². The van der Waals surface area contributed by atoms with Crippen LogP contribution in [0.15, 0.2) is 22.7 Å². The smallest absolute Gasteiger partial charge is 0.254 e. The largest absolute Gasteiger partial charge is 0.334 e. The Morgan fingerprint density at radius 2 is 2.11 bits per heavy atom. The Labute approximate surface area is 125 Å². The van der Waals surface area contributed by atoms with Crippen molar-refractivity contribution < 1.29 is 4.79 Å². The number of carbonyl (C=O) groups excluding carboxylic acids is 1. The first-order chi connectivity index (χ1) is 8.61. The number of nitrogens with zero attached hydrogens (tertiary/aromatic N) is 1. The van der Waals surface area contributed by atoms with Crippen LogP contribution in [-0.2, 0) is 0 Å². The maximum absolute atomic E-state index is 12.5. The van der Waals surface area contributed by atoms with Crippen molar-refractivity contribution in [2.24, 2.45) is 0 Å². The zero-order valence-electron chi connectivity index (χ0n) is 9.83. The van der Waals surface area contributed by atoms with Crippen molar-refractivity contribution in [3.8, 4) is 0 Å². The summed E-state index contributed by atoms with van der Waals surface area (Å²) in [6.45, 7) is 0.592. The molecule has 0 spiro atoms. The monoisotopic (exact) mass is 349 g/mol. The van der Waals surface area contributed by atoms with E-state index in [2.05, 4.69) is 15.9 Å². The molecule has 1 aromatic rings. The number of rotatable bonds is 4. The Morgan fingerprint density at radius 1 is 1.39 bits per heavy atom. The zero-order chi connectivity index (χ0) is 13.1. The predicted octanol–water partition coefficient (Wildman–Crippen LogP) is 4.34. The lowest BCUT2D eigenvalue weighted by Gasteiger charge is -2.37. The number of benzene rings is 1. The van der Waals surface area contributed by atoms with E-state index in [0.29, 0.717) is 29.1 Å². The Balaban J connectivity index is 2.21.